The molecule has 39 heavy (non-hydrogen) atoms. The van der Waals surface area contributed by atoms with E-state index in [0.29, 0.717) is 30.1 Å². The number of piperidine rings is 1. The molecule has 1 atom stereocenters. The number of nitrogens with one attached hydrogen (secondary N) is 1. The molecular formula is C28H35N5O5S. The van der Waals surface area contributed by atoms with Crippen molar-refractivity contribution in [1.29, 1.82) is 5.26 Å². The quantitative estimate of drug-likeness (QED) is 0.470. The smallest absolute Gasteiger partial charge is 0.419 e. The summed E-state index contributed by atoms with van der Waals surface area (Å²) in [4.78, 5) is 28.1. The standard InChI is InChI=1S/C28H35N5O5S/c1-20-10-15-32(16-11-20)26(34)23(13-17-31-14-6-8-22(31)19-29)30-39(36,37)24-9-5-7-21-12-18-33(25(21)24)27(35)38-28(2,3)4/h5-9,12,14,18,20,23,30H,10-11,13,15-17H2,1-4H3. The highest BCUT2D eigenvalue weighted by Crippen LogP contribution is 2.26. The second kappa shape index (κ2) is 11.2. The van der Waals surface area contributed by atoms with Gasteiger partial charge in [-0.3, -0.25) is 9.36 Å². The number of likely N-dealkylation sites (tertiary alicyclic amines) is 1. The molecule has 1 aromatic carbocycles. The number of aromatic nitrogens is 2. The number of carbonyl (C=O) groups excluding carboxylic acids is 2. The summed E-state index contributed by atoms with van der Waals surface area (Å²) >= 11 is 0. The predicted molar refractivity (Wildman–Crippen MR) is 146 cm³/mol. The van der Waals surface area contributed by atoms with Crippen molar-refractivity contribution in [3.8, 4) is 6.07 Å². The molecular weight excluding hydrogens is 518 g/mol. The summed E-state index contributed by atoms with van der Waals surface area (Å²) in [6.45, 7) is 8.72. The molecule has 1 amide bonds. The zero-order chi connectivity index (χ0) is 28.4. The minimum Gasteiger partial charge on any atom is -0.443 e. The number of rotatable bonds is 7. The first-order valence-electron chi connectivity index (χ1n) is 13.1. The van der Waals surface area contributed by atoms with Crippen LogP contribution < -0.4 is 4.72 Å². The number of aryl methyl sites for hydroxylation is 1. The molecule has 10 nitrogen and oxygen atoms in total. The summed E-state index contributed by atoms with van der Waals surface area (Å²) in [6, 6.07) is 10.8. The molecule has 1 aliphatic heterocycles. The van der Waals surface area contributed by atoms with E-state index in [9.17, 15) is 23.3 Å². The number of benzene rings is 1. The lowest BCUT2D eigenvalue weighted by Crippen LogP contribution is -2.51. The van der Waals surface area contributed by atoms with E-state index < -0.39 is 27.8 Å². The van der Waals surface area contributed by atoms with Crippen molar-refractivity contribution >= 4 is 32.9 Å². The molecule has 1 fully saturated rings. The Labute approximate surface area is 229 Å². The molecule has 1 unspecified atom stereocenters. The average molecular weight is 554 g/mol. The average Bonchev–Trinajstić information content (AvgIpc) is 3.52. The minimum absolute atomic E-state index is 0.125. The molecule has 1 saturated heterocycles. The fourth-order valence-electron chi connectivity index (χ4n) is 4.75. The second-order valence-electron chi connectivity index (χ2n) is 11.0. The van der Waals surface area contributed by atoms with Crippen LogP contribution in [0, 0.1) is 17.2 Å². The lowest BCUT2D eigenvalue weighted by Gasteiger charge is -2.33. The van der Waals surface area contributed by atoms with E-state index >= 15 is 0 Å². The Balaban J connectivity index is 1.67. The molecule has 0 spiro atoms. The van der Waals surface area contributed by atoms with Gasteiger partial charge in [0.25, 0.3) is 0 Å². The normalized spacial score (nSPS) is 15.7. The minimum atomic E-state index is -4.26. The number of hydrogen-bond donors (Lipinski definition) is 1. The van der Waals surface area contributed by atoms with Gasteiger partial charge in [0.2, 0.25) is 15.9 Å². The van der Waals surface area contributed by atoms with Crippen LogP contribution in [0.2, 0.25) is 0 Å². The predicted octanol–water partition coefficient (Wildman–Crippen LogP) is 4.09. The van der Waals surface area contributed by atoms with Gasteiger partial charge >= 0.3 is 6.09 Å². The number of carbonyl (C=O) groups is 2. The molecule has 0 radical (unpaired) electrons. The van der Waals surface area contributed by atoms with Crippen molar-refractivity contribution in [3.05, 3.63) is 54.5 Å². The van der Waals surface area contributed by atoms with E-state index in [2.05, 4.69) is 17.7 Å². The molecule has 1 N–H and O–H groups in total. The van der Waals surface area contributed by atoms with E-state index in [4.69, 9.17) is 4.74 Å². The molecule has 0 aliphatic carbocycles. The first-order valence-corrected chi connectivity index (χ1v) is 14.6. The summed E-state index contributed by atoms with van der Waals surface area (Å²) in [5, 5.41) is 9.91. The van der Waals surface area contributed by atoms with E-state index in [0.717, 1.165) is 12.8 Å². The fraction of sp³-hybridized carbons (Fsp3) is 0.464. The number of hydrogen-bond acceptors (Lipinski definition) is 6. The molecule has 208 valence electrons. The van der Waals surface area contributed by atoms with Crippen LogP contribution in [0.1, 0.15) is 52.7 Å². The molecule has 11 heteroatoms. The summed E-state index contributed by atoms with van der Waals surface area (Å²) in [5.74, 6) is 0.200. The maximum atomic E-state index is 13.8. The van der Waals surface area contributed by atoms with Crippen molar-refractivity contribution in [1.82, 2.24) is 18.8 Å². The topological polar surface area (TPSA) is 126 Å². The van der Waals surface area contributed by atoms with Crippen molar-refractivity contribution in [3.63, 3.8) is 0 Å². The number of para-hydroxylation sites is 1. The van der Waals surface area contributed by atoms with Crippen molar-refractivity contribution < 1.29 is 22.7 Å². The van der Waals surface area contributed by atoms with E-state index in [-0.39, 0.29) is 29.3 Å². The zero-order valence-corrected chi connectivity index (χ0v) is 23.6. The summed E-state index contributed by atoms with van der Waals surface area (Å²) in [5.41, 5.74) is -0.172. The summed E-state index contributed by atoms with van der Waals surface area (Å²) in [6.07, 6.45) is 4.35. The number of sulfonamides is 1. The molecule has 3 aromatic rings. The molecule has 0 bridgehead atoms. The van der Waals surface area contributed by atoms with Gasteiger partial charge in [0, 0.05) is 37.4 Å². The van der Waals surface area contributed by atoms with Gasteiger partial charge in [0.1, 0.15) is 28.3 Å². The Kier molecular flexibility index (Phi) is 8.18. The van der Waals surface area contributed by atoms with Crippen molar-refractivity contribution in [2.45, 2.75) is 70.0 Å². The SMILES string of the molecule is CC1CCN(C(=O)C(CCn2cccc2C#N)NS(=O)(=O)c2cccc3ccn(C(=O)OC(C)(C)C)c23)CC1. The fourth-order valence-corrected chi connectivity index (χ4v) is 6.20. The third-order valence-electron chi connectivity index (χ3n) is 6.85. The summed E-state index contributed by atoms with van der Waals surface area (Å²) < 4.78 is 38.7. The van der Waals surface area contributed by atoms with Gasteiger partial charge in [-0.1, -0.05) is 19.1 Å². The van der Waals surface area contributed by atoms with Gasteiger partial charge in [-0.05, 0) is 70.2 Å². The monoisotopic (exact) mass is 553 g/mol. The van der Waals surface area contributed by atoms with Crippen LogP contribution in [-0.2, 0) is 26.1 Å². The van der Waals surface area contributed by atoms with Crippen LogP contribution in [0.3, 0.4) is 0 Å². The van der Waals surface area contributed by atoms with Gasteiger partial charge in [-0.2, -0.15) is 9.98 Å². The van der Waals surface area contributed by atoms with Crippen LogP contribution in [0.25, 0.3) is 10.9 Å². The highest BCUT2D eigenvalue weighted by molar-refractivity contribution is 7.89. The number of fused-ring (bicyclic) bond motifs is 1. The van der Waals surface area contributed by atoms with Crippen LogP contribution in [0.15, 0.2) is 53.7 Å². The number of nitrogens with zero attached hydrogens (tertiary/aromatic N) is 4. The molecule has 2 aromatic heterocycles. The number of amides is 1. The molecule has 1 aliphatic rings. The van der Waals surface area contributed by atoms with Crippen molar-refractivity contribution in [2.75, 3.05) is 13.1 Å². The highest BCUT2D eigenvalue weighted by Gasteiger charge is 2.33. The zero-order valence-electron chi connectivity index (χ0n) is 22.8. The van der Waals surface area contributed by atoms with Crippen LogP contribution in [0.4, 0.5) is 4.79 Å². The Morgan fingerprint density at radius 3 is 2.51 bits per heavy atom. The first kappa shape index (κ1) is 28.4. The van der Waals surface area contributed by atoms with E-state index in [1.165, 1.54) is 16.8 Å². The van der Waals surface area contributed by atoms with Crippen LogP contribution in [0.5, 0.6) is 0 Å². The second-order valence-corrected chi connectivity index (χ2v) is 12.7. The lowest BCUT2D eigenvalue weighted by molar-refractivity contribution is -0.134. The van der Waals surface area contributed by atoms with Gasteiger partial charge in [0.05, 0.1) is 5.52 Å². The Morgan fingerprint density at radius 2 is 1.85 bits per heavy atom. The van der Waals surface area contributed by atoms with Crippen LogP contribution >= 0.6 is 0 Å². The Bertz CT molecular complexity index is 1500. The Hall–Kier alpha value is -3.62. The van der Waals surface area contributed by atoms with Gasteiger partial charge in [0.15, 0.2) is 0 Å². The molecule has 0 saturated carbocycles. The van der Waals surface area contributed by atoms with E-state index in [1.54, 1.807) is 66.8 Å². The highest BCUT2D eigenvalue weighted by atomic mass is 32.2. The lowest BCUT2D eigenvalue weighted by atomic mass is 9.98. The number of nitriles is 1. The molecule has 3 heterocycles. The number of ether oxygens (including phenoxy) is 1. The third-order valence-corrected chi connectivity index (χ3v) is 8.35. The van der Waals surface area contributed by atoms with Gasteiger partial charge in [-0.15, -0.1) is 0 Å². The maximum Gasteiger partial charge on any atom is 0.419 e. The Morgan fingerprint density at radius 1 is 1.13 bits per heavy atom. The van der Waals surface area contributed by atoms with Crippen LogP contribution in [-0.4, -0.2) is 59.2 Å². The van der Waals surface area contributed by atoms with Gasteiger partial charge in [-0.25, -0.2) is 13.2 Å². The van der Waals surface area contributed by atoms with Gasteiger partial charge < -0.3 is 14.2 Å². The van der Waals surface area contributed by atoms with E-state index in [1.807, 2.05) is 0 Å². The largest absolute Gasteiger partial charge is 0.443 e. The van der Waals surface area contributed by atoms with Crippen molar-refractivity contribution in [2.24, 2.45) is 5.92 Å². The summed E-state index contributed by atoms with van der Waals surface area (Å²) in [7, 11) is -4.26. The third kappa shape index (κ3) is 6.52. The maximum absolute atomic E-state index is 13.8. The molecule has 4 rings (SSSR count). The first-order chi connectivity index (χ1) is 18.4.